The van der Waals surface area contributed by atoms with Crippen molar-refractivity contribution in [2.75, 3.05) is 12.0 Å². The summed E-state index contributed by atoms with van der Waals surface area (Å²) < 4.78 is 46.3. The number of rotatable bonds is 10. The summed E-state index contributed by atoms with van der Waals surface area (Å²) >= 11 is 1.11. The number of halogens is 3. The Hall–Kier alpha value is -2.22. The average Bonchev–Trinajstić information content (AvgIpc) is 3.20. The molecule has 2 aromatic heterocycles. The van der Waals surface area contributed by atoms with E-state index in [9.17, 15) is 12.6 Å². The third kappa shape index (κ3) is 7.89. The van der Waals surface area contributed by atoms with Crippen LogP contribution < -0.4 is 10.6 Å². The first-order valence-corrected chi connectivity index (χ1v) is 15.2. The Morgan fingerprint density at radius 1 is 1.11 bits per heavy atom. The Morgan fingerprint density at radius 2 is 1.86 bits per heavy atom. The van der Waals surface area contributed by atoms with Crippen molar-refractivity contribution in [1.82, 2.24) is 15.3 Å². The fourth-order valence-corrected chi connectivity index (χ4v) is 7.02. The number of ether oxygens (including phenoxy) is 1. The molecule has 0 saturated heterocycles. The van der Waals surface area contributed by atoms with E-state index in [1.54, 1.807) is 12.3 Å². The van der Waals surface area contributed by atoms with Crippen LogP contribution in [0.1, 0.15) is 48.6 Å². The smallest absolute Gasteiger partial charge is 0.0553 e. The minimum absolute atomic E-state index is 0.211. The summed E-state index contributed by atoms with van der Waals surface area (Å²) in [6.07, 6.45) is 8.27. The Bertz CT molecular complexity index is 1150. The number of nitrogens with one attached hydrogen (secondary N) is 2. The number of nitrogens with zero attached hydrogens (tertiary/aromatic N) is 2. The van der Waals surface area contributed by atoms with Crippen LogP contribution in [0.3, 0.4) is 0 Å². The zero-order chi connectivity index (χ0) is 24.9. The first-order valence-electron chi connectivity index (χ1n) is 11.9. The van der Waals surface area contributed by atoms with Crippen LogP contribution in [0.5, 0.6) is 0 Å². The molecule has 1 aliphatic rings. The van der Waals surface area contributed by atoms with Crippen molar-refractivity contribution in [1.29, 1.82) is 0 Å². The van der Waals surface area contributed by atoms with Crippen molar-refractivity contribution >= 4 is 34.9 Å². The standard InChI is InChI=1S/C25H32F3N4OPS/c1-3-11-33-15-19-9-7-18(8-10-19)14-29-20-5-4-6-21(12-20)32-24-23-13-22(16-34(2,26,27)28)35-25(23)31-17-30-24/h3,7-11,13,17,20-21,29H,4-6,12,14-16H2,1-2H3,(H,30,31,32)/b11-3-. The molecule has 10 heteroatoms. The van der Waals surface area contributed by atoms with Crippen molar-refractivity contribution < 1.29 is 17.3 Å². The van der Waals surface area contributed by atoms with E-state index in [0.29, 0.717) is 40.2 Å². The topological polar surface area (TPSA) is 59.1 Å². The number of thiophene rings is 1. The van der Waals surface area contributed by atoms with Crippen LogP contribution in [0.25, 0.3) is 10.2 Å². The van der Waals surface area contributed by atoms with Crippen LogP contribution in [-0.4, -0.2) is 28.7 Å². The Balaban J connectivity index is 1.33. The largest absolute Gasteiger partial charge is 0.0573 e. The summed E-state index contributed by atoms with van der Waals surface area (Å²) in [5.41, 5.74) is 2.35. The first kappa shape index (κ1) is 25.9. The summed E-state index contributed by atoms with van der Waals surface area (Å²) in [4.78, 5) is 9.47. The molecule has 4 rings (SSSR count). The summed E-state index contributed by atoms with van der Waals surface area (Å²) in [6, 6.07) is 10.6. The van der Waals surface area contributed by atoms with E-state index in [-0.39, 0.29) is 6.04 Å². The van der Waals surface area contributed by atoms with Crippen molar-refractivity contribution in [3.8, 4) is 0 Å². The second kappa shape index (κ2) is 10.8. The van der Waals surface area contributed by atoms with Gasteiger partial charge in [0.05, 0.1) is 6.26 Å². The van der Waals surface area contributed by atoms with Crippen molar-refractivity contribution in [3.63, 3.8) is 0 Å². The second-order valence-corrected chi connectivity index (χ2v) is 13.5. The molecule has 1 saturated carbocycles. The SMILES string of the molecule is C/C=C\OCc1ccc(CNC2CCCC(Nc3ncnc4sc(CP(C)(F)(F)F)cc34)C2)cc1. The zero-order valence-electron chi connectivity index (χ0n) is 20.0. The molecule has 0 radical (unpaired) electrons. The molecule has 1 aromatic carbocycles. The van der Waals surface area contributed by atoms with Gasteiger partial charge in [-0.05, 0) is 12.5 Å². The van der Waals surface area contributed by atoms with Gasteiger partial charge in [0.25, 0.3) is 0 Å². The minimum Gasteiger partial charge on any atom is -0.0573 e. The molecular formula is C25H32F3N4OPS. The summed E-state index contributed by atoms with van der Waals surface area (Å²) in [6.45, 7) is 3.71. The van der Waals surface area contributed by atoms with Gasteiger partial charge in [0, 0.05) is 0 Å². The molecular weight excluding hydrogens is 492 g/mol. The fourth-order valence-electron chi connectivity index (χ4n) is 4.39. The quantitative estimate of drug-likeness (QED) is 0.211. The molecule has 0 bridgehead atoms. The molecule has 2 N–H and O–H groups in total. The average molecular weight is 525 g/mol. The molecule has 0 amide bonds. The van der Waals surface area contributed by atoms with Crippen LogP contribution in [0.2, 0.25) is 0 Å². The van der Waals surface area contributed by atoms with Gasteiger partial charge in [0.1, 0.15) is 6.61 Å². The molecule has 190 valence electrons. The number of fused-ring (bicyclic) bond motifs is 1. The maximum absolute atomic E-state index is 13.6. The van der Waals surface area contributed by atoms with Gasteiger partial charge in [-0.3, -0.25) is 0 Å². The number of benzene rings is 1. The van der Waals surface area contributed by atoms with E-state index in [4.69, 9.17) is 4.74 Å². The summed E-state index contributed by atoms with van der Waals surface area (Å²) in [5, 5.41) is 7.84. The van der Waals surface area contributed by atoms with Crippen LogP contribution in [0, 0.1) is 0 Å². The maximum atomic E-state index is 13.6. The van der Waals surface area contributed by atoms with Gasteiger partial charge in [0.2, 0.25) is 0 Å². The Labute approximate surface area is 208 Å². The van der Waals surface area contributed by atoms with Gasteiger partial charge < -0.3 is 4.74 Å². The Morgan fingerprint density at radius 3 is 2.60 bits per heavy atom. The van der Waals surface area contributed by atoms with Crippen LogP contribution in [0.4, 0.5) is 18.4 Å². The predicted octanol–water partition coefficient (Wildman–Crippen LogP) is 7.59. The van der Waals surface area contributed by atoms with Crippen molar-refractivity contribution in [3.05, 3.63) is 65.0 Å². The predicted molar refractivity (Wildman–Crippen MR) is 140 cm³/mol. The number of hydrogen-bond donors (Lipinski definition) is 2. The van der Waals surface area contributed by atoms with Gasteiger partial charge in [-0.25, -0.2) is 0 Å². The normalized spacial score (nSPS) is 20.1. The second-order valence-electron chi connectivity index (χ2n) is 9.37. The van der Waals surface area contributed by atoms with Crippen LogP contribution in [-0.2, 0) is 24.1 Å². The number of aromatic nitrogens is 2. The third-order valence-corrected chi connectivity index (χ3v) is 8.26. The molecule has 2 atom stereocenters. The van der Waals surface area contributed by atoms with Gasteiger partial charge in [-0.15, -0.1) is 0 Å². The maximum Gasteiger partial charge on any atom is -0.0553 e. The molecule has 2 heterocycles. The zero-order valence-corrected chi connectivity index (χ0v) is 21.7. The third-order valence-electron chi connectivity index (χ3n) is 5.99. The van der Waals surface area contributed by atoms with Gasteiger partial charge >= 0.3 is 148 Å². The number of hydrogen-bond acceptors (Lipinski definition) is 6. The van der Waals surface area contributed by atoms with Crippen molar-refractivity contribution in [2.24, 2.45) is 0 Å². The molecule has 35 heavy (non-hydrogen) atoms. The Kier molecular flexibility index (Phi) is 7.99. The molecule has 1 fully saturated rings. The number of anilines is 1. The molecule has 0 aliphatic heterocycles. The summed E-state index contributed by atoms with van der Waals surface area (Å²) in [7, 11) is -6.12. The first-order chi connectivity index (χ1) is 16.6. The van der Waals surface area contributed by atoms with E-state index in [1.165, 1.54) is 11.9 Å². The molecule has 1 aliphatic carbocycles. The van der Waals surface area contributed by atoms with Crippen molar-refractivity contribution in [2.45, 2.75) is 64.0 Å². The molecule has 0 spiro atoms. The van der Waals surface area contributed by atoms with E-state index >= 15 is 0 Å². The van der Waals surface area contributed by atoms with Gasteiger partial charge in [-0.1, -0.05) is 30.3 Å². The molecule has 2 unspecified atom stereocenters. The van der Waals surface area contributed by atoms with E-state index in [2.05, 4.69) is 44.9 Å². The number of allylic oxidation sites excluding steroid dienone is 1. The van der Waals surface area contributed by atoms with E-state index in [1.807, 2.05) is 13.0 Å². The van der Waals surface area contributed by atoms with Crippen LogP contribution >= 0.6 is 18.9 Å². The van der Waals surface area contributed by atoms with Gasteiger partial charge in [0.15, 0.2) is 0 Å². The molecule has 5 nitrogen and oxygen atoms in total. The fraction of sp³-hybridized carbons (Fsp3) is 0.440. The molecule has 3 aromatic rings. The minimum atomic E-state index is -6.12. The van der Waals surface area contributed by atoms with E-state index < -0.39 is 13.7 Å². The van der Waals surface area contributed by atoms with Crippen LogP contribution in [0.15, 0.2) is 49.0 Å². The monoisotopic (exact) mass is 524 g/mol. The van der Waals surface area contributed by atoms with Gasteiger partial charge in [-0.2, -0.15) is 0 Å². The van der Waals surface area contributed by atoms with E-state index in [0.717, 1.165) is 49.1 Å². The summed E-state index contributed by atoms with van der Waals surface area (Å²) in [5.74, 6) is 0.631.